The molecular formula is C21H28N8O3S. The lowest BCUT2D eigenvalue weighted by atomic mass is 10.2. The number of sulfonamides is 1. The van der Waals surface area contributed by atoms with Gasteiger partial charge >= 0.3 is 0 Å². The molecule has 0 bridgehead atoms. The van der Waals surface area contributed by atoms with Crippen molar-refractivity contribution < 1.29 is 13.5 Å². The van der Waals surface area contributed by atoms with E-state index in [1.807, 2.05) is 10.6 Å². The minimum atomic E-state index is -3.56. The Morgan fingerprint density at radius 1 is 1.27 bits per heavy atom. The van der Waals surface area contributed by atoms with Crippen molar-refractivity contribution in [3.63, 3.8) is 0 Å². The molecule has 0 saturated heterocycles. The summed E-state index contributed by atoms with van der Waals surface area (Å²) in [6.07, 6.45) is 5.63. The van der Waals surface area contributed by atoms with Crippen LogP contribution in [0.1, 0.15) is 57.9 Å². The van der Waals surface area contributed by atoms with Gasteiger partial charge in [-0.1, -0.05) is 6.92 Å². The third-order valence-corrected chi connectivity index (χ3v) is 6.23. The van der Waals surface area contributed by atoms with Crippen molar-refractivity contribution >= 4 is 44.5 Å². The number of pyridine rings is 1. The summed E-state index contributed by atoms with van der Waals surface area (Å²) in [5.41, 5.74) is 7.42. The number of nitrogens with one attached hydrogen (secondary N) is 1. The van der Waals surface area contributed by atoms with Crippen molar-refractivity contribution in [2.75, 3.05) is 11.1 Å². The molecule has 0 spiro atoms. The number of nitrogens with two attached hydrogens (primary N) is 1. The van der Waals surface area contributed by atoms with Gasteiger partial charge in [0.1, 0.15) is 29.1 Å². The van der Waals surface area contributed by atoms with Crippen LogP contribution in [0.2, 0.25) is 0 Å². The number of aliphatic hydroxyl groups excluding tert-OH is 1. The summed E-state index contributed by atoms with van der Waals surface area (Å²) in [4.78, 5) is 17.5. The van der Waals surface area contributed by atoms with Crippen LogP contribution in [0.5, 0.6) is 0 Å². The van der Waals surface area contributed by atoms with Crippen LogP contribution >= 0.6 is 0 Å². The molecule has 0 amide bonds. The van der Waals surface area contributed by atoms with E-state index >= 15 is 0 Å². The zero-order valence-electron chi connectivity index (χ0n) is 19.0. The van der Waals surface area contributed by atoms with E-state index in [-0.39, 0.29) is 23.2 Å². The monoisotopic (exact) mass is 472 g/mol. The van der Waals surface area contributed by atoms with Crippen molar-refractivity contribution in [1.29, 1.82) is 0 Å². The Bertz CT molecular complexity index is 1300. The van der Waals surface area contributed by atoms with E-state index in [0.29, 0.717) is 23.0 Å². The molecule has 1 unspecified atom stereocenters. The Kier molecular flexibility index (Phi) is 7.39. The fourth-order valence-electron chi connectivity index (χ4n) is 3.11. The summed E-state index contributed by atoms with van der Waals surface area (Å²) in [5.74, 6) is 1.63. The van der Waals surface area contributed by atoms with Gasteiger partial charge in [0.15, 0.2) is 5.82 Å². The van der Waals surface area contributed by atoms with Crippen LogP contribution in [-0.4, -0.2) is 50.0 Å². The third-order valence-electron chi connectivity index (χ3n) is 5.08. The van der Waals surface area contributed by atoms with E-state index in [4.69, 9.17) is 5.73 Å². The molecule has 3 rings (SSSR count). The number of aliphatic hydroxyl groups is 1. The van der Waals surface area contributed by atoms with Crippen LogP contribution in [0.15, 0.2) is 35.1 Å². The van der Waals surface area contributed by atoms with Crippen molar-refractivity contribution in [3.8, 4) is 0 Å². The smallest absolute Gasteiger partial charge is 0.252 e. The first-order valence-electron chi connectivity index (χ1n) is 10.5. The SMILES string of the molecule is CCC(C)n1c([C@@H](C)O)nc2cnc(Nc3ccnc(C(C=NS(=O)(=O)CC)=CN)n3)cc21. The van der Waals surface area contributed by atoms with E-state index in [9.17, 15) is 13.5 Å². The molecule has 0 radical (unpaired) electrons. The van der Waals surface area contributed by atoms with Crippen molar-refractivity contribution in [1.82, 2.24) is 24.5 Å². The summed E-state index contributed by atoms with van der Waals surface area (Å²) in [6.45, 7) is 7.33. The van der Waals surface area contributed by atoms with Crippen LogP contribution in [0.4, 0.5) is 11.6 Å². The van der Waals surface area contributed by atoms with Gasteiger partial charge in [0.05, 0.1) is 29.3 Å². The number of nitrogens with zero attached hydrogens (tertiary/aromatic N) is 6. The predicted octanol–water partition coefficient (Wildman–Crippen LogP) is 2.71. The summed E-state index contributed by atoms with van der Waals surface area (Å²) in [5, 5.41) is 13.3. The molecule has 33 heavy (non-hydrogen) atoms. The highest BCUT2D eigenvalue weighted by atomic mass is 32.2. The molecule has 176 valence electrons. The first-order valence-corrected chi connectivity index (χ1v) is 12.2. The number of fused-ring (bicyclic) bond motifs is 1. The van der Waals surface area contributed by atoms with E-state index in [0.717, 1.165) is 18.2 Å². The Hall–Kier alpha value is -3.38. The number of hydrogen-bond donors (Lipinski definition) is 3. The topological polar surface area (TPSA) is 161 Å². The molecule has 0 aliphatic heterocycles. The highest BCUT2D eigenvalue weighted by Crippen LogP contribution is 2.28. The zero-order chi connectivity index (χ0) is 24.2. The van der Waals surface area contributed by atoms with Crippen LogP contribution < -0.4 is 11.1 Å². The molecule has 4 N–H and O–H groups in total. The third kappa shape index (κ3) is 5.52. The van der Waals surface area contributed by atoms with Gasteiger partial charge in [0.2, 0.25) is 0 Å². The number of rotatable bonds is 9. The molecule has 3 aromatic heterocycles. The van der Waals surface area contributed by atoms with E-state index in [1.54, 1.807) is 19.2 Å². The van der Waals surface area contributed by atoms with Gasteiger partial charge in [-0.05, 0) is 33.3 Å². The highest BCUT2D eigenvalue weighted by Gasteiger charge is 2.19. The second-order valence-corrected chi connectivity index (χ2v) is 9.40. The minimum absolute atomic E-state index is 0.123. The highest BCUT2D eigenvalue weighted by molar-refractivity contribution is 7.90. The Morgan fingerprint density at radius 2 is 2.03 bits per heavy atom. The Morgan fingerprint density at radius 3 is 2.67 bits per heavy atom. The van der Waals surface area contributed by atoms with Crippen LogP contribution in [0.3, 0.4) is 0 Å². The van der Waals surface area contributed by atoms with Crippen molar-refractivity contribution in [2.45, 2.75) is 46.3 Å². The standard InChI is InChI=1S/C21H28N8O3S/c1-5-13(3)29-17-9-19(24-12-16(17)26-21(29)14(4)30)27-18-7-8-23-20(28-18)15(10-22)11-25-33(31,32)6-2/h7-14,30H,5-6,22H2,1-4H3,(H,23,24,27,28)/t13?,14-/m1/s1. The molecule has 12 heteroatoms. The van der Waals surface area contributed by atoms with E-state index < -0.39 is 16.1 Å². The van der Waals surface area contributed by atoms with Crippen LogP contribution in [0.25, 0.3) is 16.6 Å². The van der Waals surface area contributed by atoms with E-state index in [1.165, 1.54) is 19.3 Å². The lowest BCUT2D eigenvalue weighted by Gasteiger charge is -2.17. The second-order valence-electron chi connectivity index (χ2n) is 7.45. The molecule has 3 aromatic rings. The number of aromatic nitrogens is 5. The molecule has 0 saturated carbocycles. The van der Waals surface area contributed by atoms with Gasteiger partial charge in [0, 0.05) is 24.5 Å². The first-order chi connectivity index (χ1) is 15.7. The van der Waals surface area contributed by atoms with Gasteiger partial charge in [-0.3, -0.25) is 0 Å². The van der Waals surface area contributed by atoms with E-state index in [2.05, 4.69) is 43.5 Å². The lowest BCUT2D eigenvalue weighted by molar-refractivity contribution is 0.182. The largest absolute Gasteiger partial charge is 0.404 e. The minimum Gasteiger partial charge on any atom is -0.404 e. The van der Waals surface area contributed by atoms with Gasteiger partial charge in [0.25, 0.3) is 10.0 Å². The first kappa shape index (κ1) is 24.3. The molecule has 0 fully saturated rings. The average Bonchev–Trinajstić information content (AvgIpc) is 3.18. The molecule has 11 nitrogen and oxygen atoms in total. The maximum absolute atomic E-state index is 11.7. The van der Waals surface area contributed by atoms with Crippen molar-refractivity contribution in [2.24, 2.45) is 10.1 Å². The molecule has 0 aromatic carbocycles. The quantitative estimate of drug-likeness (QED) is 0.397. The van der Waals surface area contributed by atoms with Gasteiger partial charge in [-0.2, -0.15) is 4.40 Å². The predicted molar refractivity (Wildman–Crippen MR) is 129 cm³/mol. The number of hydrogen-bond acceptors (Lipinski definition) is 9. The lowest BCUT2D eigenvalue weighted by Crippen LogP contribution is -2.11. The average molecular weight is 473 g/mol. The molecule has 0 aliphatic rings. The van der Waals surface area contributed by atoms with Gasteiger partial charge < -0.3 is 20.7 Å². The normalized spacial score (nSPS) is 14.6. The molecule has 3 heterocycles. The van der Waals surface area contributed by atoms with Gasteiger partial charge in [-0.15, -0.1) is 0 Å². The Balaban J connectivity index is 1.95. The summed E-state index contributed by atoms with van der Waals surface area (Å²) in [6, 6.07) is 3.63. The number of anilines is 2. The number of allylic oxidation sites excluding steroid dienone is 1. The summed E-state index contributed by atoms with van der Waals surface area (Å²) < 4.78 is 28.9. The maximum atomic E-state index is 11.7. The fourth-order valence-corrected chi connectivity index (χ4v) is 3.53. The van der Waals surface area contributed by atoms with Crippen LogP contribution in [0, 0.1) is 0 Å². The Labute approximate surface area is 192 Å². The molecular weight excluding hydrogens is 444 g/mol. The van der Waals surface area contributed by atoms with Crippen molar-refractivity contribution in [3.05, 3.63) is 42.4 Å². The maximum Gasteiger partial charge on any atom is 0.252 e. The summed E-state index contributed by atoms with van der Waals surface area (Å²) >= 11 is 0. The van der Waals surface area contributed by atoms with Crippen LogP contribution in [-0.2, 0) is 10.0 Å². The molecule has 2 atom stereocenters. The van der Waals surface area contributed by atoms with Gasteiger partial charge in [-0.25, -0.2) is 28.4 Å². The number of imidazole rings is 1. The zero-order valence-corrected chi connectivity index (χ0v) is 19.8. The summed E-state index contributed by atoms with van der Waals surface area (Å²) in [7, 11) is -3.56. The molecule has 0 aliphatic carbocycles. The fraction of sp³-hybridized carbons (Fsp3) is 0.381. The second kappa shape index (κ2) is 10.0.